The fourth-order valence-electron chi connectivity index (χ4n) is 0.586. The first-order valence-corrected chi connectivity index (χ1v) is 4.02. The Morgan fingerprint density at radius 3 is 2.83 bits per heavy atom. The van der Waals surface area contributed by atoms with E-state index >= 15 is 0 Å². The number of aliphatic hydroxyl groups excluding tert-OH is 1. The number of nitrogens with zero attached hydrogens (tertiary/aromatic N) is 1. The summed E-state index contributed by atoms with van der Waals surface area (Å²) >= 11 is 0. The van der Waals surface area contributed by atoms with Gasteiger partial charge < -0.3 is 9.84 Å². The molecule has 0 rings (SSSR count). The summed E-state index contributed by atoms with van der Waals surface area (Å²) in [5.41, 5.74) is 0. The van der Waals surface area contributed by atoms with Gasteiger partial charge in [-0.25, -0.2) is 15.6 Å². The summed E-state index contributed by atoms with van der Waals surface area (Å²) in [6.07, 6.45) is 1.22. The molecule has 0 atom stereocenters. The number of nitrogens with two attached hydrogens (primary N) is 1. The van der Waals surface area contributed by atoms with Gasteiger partial charge >= 0.3 is 6.09 Å². The third kappa shape index (κ3) is 4.92. The first-order chi connectivity index (χ1) is 5.72. The zero-order chi connectivity index (χ0) is 9.40. The standard InChI is InChI=1S/C7H16N2O3/c1-2-3-6-12-7(11)9(8)4-5-10/h10H,2-6,8H2,1H3. The van der Waals surface area contributed by atoms with Gasteiger partial charge in [-0.15, -0.1) is 0 Å². The highest BCUT2D eigenvalue weighted by Gasteiger charge is 2.08. The summed E-state index contributed by atoms with van der Waals surface area (Å²) in [5, 5.41) is 9.28. The Kier molecular flexibility index (Phi) is 6.41. The molecule has 0 fully saturated rings. The van der Waals surface area contributed by atoms with E-state index in [1.165, 1.54) is 0 Å². The van der Waals surface area contributed by atoms with Crippen molar-refractivity contribution in [1.29, 1.82) is 0 Å². The van der Waals surface area contributed by atoms with Gasteiger partial charge in [0.1, 0.15) is 0 Å². The highest BCUT2D eigenvalue weighted by molar-refractivity contribution is 5.66. The second kappa shape index (κ2) is 6.87. The topological polar surface area (TPSA) is 75.8 Å². The molecule has 0 aromatic heterocycles. The molecular formula is C7H16N2O3. The number of carbonyl (C=O) groups is 1. The molecule has 5 nitrogen and oxygen atoms in total. The van der Waals surface area contributed by atoms with E-state index in [0.717, 1.165) is 17.9 Å². The molecule has 12 heavy (non-hydrogen) atoms. The number of hydrazine groups is 1. The molecule has 0 spiro atoms. The zero-order valence-electron chi connectivity index (χ0n) is 7.32. The molecule has 0 heterocycles. The van der Waals surface area contributed by atoms with Gasteiger partial charge in [0.25, 0.3) is 0 Å². The van der Waals surface area contributed by atoms with Gasteiger partial charge in [0.2, 0.25) is 0 Å². The van der Waals surface area contributed by atoms with E-state index in [4.69, 9.17) is 15.7 Å². The van der Waals surface area contributed by atoms with E-state index in [1.54, 1.807) is 0 Å². The van der Waals surface area contributed by atoms with Crippen LogP contribution in [0.4, 0.5) is 4.79 Å². The second-order valence-electron chi connectivity index (χ2n) is 2.38. The highest BCUT2D eigenvalue weighted by Crippen LogP contribution is 1.91. The summed E-state index contributed by atoms with van der Waals surface area (Å²) in [6.45, 7) is 2.33. The monoisotopic (exact) mass is 176 g/mol. The largest absolute Gasteiger partial charge is 0.448 e. The van der Waals surface area contributed by atoms with Crippen LogP contribution in [0.3, 0.4) is 0 Å². The SMILES string of the molecule is CCCCOC(=O)N(N)CCO. The maximum absolute atomic E-state index is 10.9. The Labute approximate surface area is 72.1 Å². The third-order valence-corrected chi connectivity index (χ3v) is 1.30. The van der Waals surface area contributed by atoms with Crippen LogP contribution in [0.5, 0.6) is 0 Å². The molecule has 5 heteroatoms. The average molecular weight is 176 g/mol. The second-order valence-corrected chi connectivity index (χ2v) is 2.38. The van der Waals surface area contributed by atoms with Gasteiger partial charge in [-0.1, -0.05) is 13.3 Å². The van der Waals surface area contributed by atoms with Crippen LogP contribution in [0.1, 0.15) is 19.8 Å². The number of unbranched alkanes of at least 4 members (excludes halogenated alkanes) is 1. The Balaban J connectivity index is 3.43. The lowest BCUT2D eigenvalue weighted by atomic mass is 10.4. The number of rotatable bonds is 5. The zero-order valence-corrected chi connectivity index (χ0v) is 7.32. The van der Waals surface area contributed by atoms with Crippen molar-refractivity contribution in [3.05, 3.63) is 0 Å². The lowest BCUT2D eigenvalue weighted by molar-refractivity contribution is 0.0932. The van der Waals surface area contributed by atoms with E-state index < -0.39 is 6.09 Å². The van der Waals surface area contributed by atoms with Crippen molar-refractivity contribution in [1.82, 2.24) is 5.01 Å². The van der Waals surface area contributed by atoms with Gasteiger partial charge in [0.05, 0.1) is 19.8 Å². The number of carbonyl (C=O) groups excluding carboxylic acids is 1. The minimum atomic E-state index is -0.586. The minimum Gasteiger partial charge on any atom is -0.448 e. The molecule has 0 aromatic carbocycles. The van der Waals surface area contributed by atoms with Crippen LogP contribution < -0.4 is 5.84 Å². The van der Waals surface area contributed by atoms with Crippen molar-refractivity contribution in [2.24, 2.45) is 5.84 Å². The Bertz CT molecular complexity index is 130. The summed E-state index contributed by atoms with van der Waals surface area (Å²) < 4.78 is 4.75. The quantitative estimate of drug-likeness (QED) is 0.269. The average Bonchev–Trinajstić information content (AvgIpc) is 2.05. The van der Waals surface area contributed by atoms with E-state index in [1.807, 2.05) is 6.92 Å². The van der Waals surface area contributed by atoms with Crippen LogP contribution in [0.15, 0.2) is 0 Å². The molecule has 0 saturated heterocycles. The fraction of sp³-hybridized carbons (Fsp3) is 0.857. The molecule has 0 aliphatic rings. The van der Waals surface area contributed by atoms with Crippen molar-refractivity contribution >= 4 is 6.09 Å². The molecule has 1 amide bonds. The maximum atomic E-state index is 10.9. The first-order valence-electron chi connectivity index (χ1n) is 4.02. The van der Waals surface area contributed by atoms with Gasteiger partial charge in [0, 0.05) is 0 Å². The van der Waals surface area contributed by atoms with Crippen molar-refractivity contribution in [3.63, 3.8) is 0 Å². The van der Waals surface area contributed by atoms with Crippen LogP contribution in [0.2, 0.25) is 0 Å². The fourth-order valence-corrected chi connectivity index (χ4v) is 0.586. The molecule has 72 valence electrons. The molecule has 0 aromatic rings. The van der Waals surface area contributed by atoms with Crippen LogP contribution in [-0.4, -0.2) is 36.0 Å². The van der Waals surface area contributed by atoms with Crippen molar-refractivity contribution < 1.29 is 14.6 Å². The van der Waals surface area contributed by atoms with E-state index in [9.17, 15) is 4.79 Å². The molecule has 3 N–H and O–H groups in total. The van der Waals surface area contributed by atoms with Crippen molar-refractivity contribution in [2.45, 2.75) is 19.8 Å². The number of ether oxygens (including phenoxy) is 1. The van der Waals surface area contributed by atoms with Gasteiger partial charge in [-0.05, 0) is 6.42 Å². The van der Waals surface area contributed by atoms with Crippen LogP contribution in [-0.2, 0) is 4.74 Å². The first kappa shape index (κ1) is 11.2. The lowest BCUT2D eigenvalue weighted by Gasteiger charge is -2.14. The van der Waals surface area contributed by atoms with Crippen LogP contribution in [0.25, 0.3) is 0 Å². The molecule has 0 saturated carbocycles. The molecule has 0 bridgehead atoms. The Morgan fingerprint density at radius 1 is 1.67 bits per heavy atom. The summed E-state index contributed by atoms with van der Waals surface area (Å²) in [4.78, 5) is 10.9. The lowest BCUT2D eigenvalue weighted by Crippen LogP contribution is -2.39. The number of amides is 1. The molecule has 0 aliphatic carbocycles. The summed E-state index contributed by atoms with van der Waals surface area (Å²) in [5.74, 6) is 5.21. The molecular weight excluding hydrogens is 160 g/mol. The third-order valence-electron chi connectivity index (χ3n) is 1.30. The van der Waals surface area contributed by atoms with Gasteiger partial charge in [-0.3, -0.25) is 0 Å². The van der Waals surface area contributed by atoms with E-state index in [0.29, 0.717) is 6.61 Å². The molecule has 0 unspecified atom stereocenters. The molecule has 0 radical (unpaired) electrons. The maximum Gasteiger partial charge on any atom is 0.424 e. The number of aliphatic hydroxyl groups is 1. The number of hydrogen-bond donors (Lipinski definition) is 2. The van der Waals surface area contributed by atoms with E-state index in [2.05, 4.69) is 0 Å². The van der Waals surface area contributed by atoms with Gasteiger partial charge in [0.15, 0.2) is 0 Å². The van der Waals surface area contributed by atoms with Gasteiger partial charge in [-0.2, -0.15) is 0 Å². The van der Waals surface area contributed by atoms with Crippen LogP contribution >= 0.6 is 0 Å². The van der Waals surface area contributed by atoms with Crippen molar-refractivity contribution in [2.75, 3.05) is 19.8 Å². The summed E-state index contributed by atoms with van der Waals surface area (Å²) in [6, 6.07) is 0. The Morgan fingerprint density at radius 2 is 2.33 bits per heavy atom. The highest BCUT2D eigenvalue weighted by atomic mass is 16.6. The van der Waals surface area contributed by atoms with Crippen molar-refractivity contribution in [3.8, 4) is 0 Å². The normalized spacial score (nSPS) is 9.58. The number of hydrogen-bond acceptors (Lipinski definition) is 4. The predicted octanol–water partition coefficient (Wildman–Crippen LogP) is 0.0911. The summed E-state index contributed by atoms with van der Waals surface area (Å²) in [7, 11) is 0. The smallest absolute Gasteiger partial charge is 0.424 e. The van der Waals surface area contributed by atoms with Crippen LogP contribution in [0, 0.1) is 0 Å². The van der Waals surface area contributed by atoms with E-state index in [-0.39, 0.29) is 13.2 Å². The minimum absolute atomic E-state index is 0.102. The molecule has 0 aliphatic heterocycles. The Hall–Kier alpha value is -0.810. The predicted molar refractivity (Wildman–Crippen MR) is 44.2 cm³/mol.